The predicted molar refractivity (Wildman–Crippen MR) is 69.3 cm³/mol. The molecule has 4 N–H and O–H groups in total. The quantitative estimate of drug-likeness (QED) is 0.634. The molecule has 19 heavy (non-hydrogen) atoms. The van der Waals surface area contributed by atoms with Crippen LogP contribution in [0.3, 0.4) is 0 Å². The number of carbonyl (C=O) groups excluding carboxylic acids is 2. The number of nitrogens with one attached hydrogen (secondary N) is 2. The number of imide groups is 1. The van der Waals surface area contributed by atoms with Gasteiger partial charge in [0.15, 0.2) is 0 Å². The summed E-state index contributed by atoms with van der Waals surface area (Å²) in [5, 5.41) is 12.4. The van der Waals surface area contributed by atoms with Crippen LogP contribution in [0, 0.1) is 5.92 Å². The van der Waals surface area contributed by atoms with Gasteiger partial charge in [-0.25, -0.2) is 4.79 Å². The average Bonchev–Trinajstić information content (AvgIpc) is 2.82. The molecule has 1 heterocycles. The number of nitrogens with two attached hydrogens (primary N) is 1. The van der Waals surface area contributed by atoms with Gasteiger partial charge in [0.25, 0.3) is 5.22 Å². The van der Waals surface area contributed by atoms with E-state index in [1.165, 1.54) is 0 Å². The molecule has 0 bridgehead atoms. The summed E-state index contributed by atoms with van der Waals surface area (Å²) in [5.41, 5.74) is 5.30. The van der Waals surface area contributed by atoms with E-state index in [2.05, 4.69) is 20.8 Å². The lowest BCUT2D eigenvalue weighted by atomic mass is 10.2. The van der Waals surface area contributed by atoms with Crippen molar-refractivity contribution in [2.75, 3.05) is 12.3 Å². The number of hydrogen-bond acceptors (Lipinski definition) is 7. The third-order valence-electron chi connectivity index (χ3n) is 1.87. The van der Waals surface area contributed by atoms with Gasteiger partial charge in [0, 0.05) is 6.54 Å². The summed E-state index contributed by atoms with van der Waals surface area (Å²) >= 11 is 1.04. The van der Waals surface area contributed by atoms with Gasteiger partial charge in [-0.1, -0.05) is 25.6 Å². The highest BCUT2D eigenvalue weighted by Crippen LogP contribution is 2.15. The molecular formula is C10H17N5O3S. The van der Waals surface area contributed by atoms with Crippen LogP contribution in [0.2, 0.25) is 0 Å². The summed E-state index contributed by atoms with van der Waals surface area (Å²) in [7, 11) is 0. The van der Waals surface area contributed by atoms with Gasteiger partial charge in [0.1, 0.15) is 0 Å². The van der Waals surface area contributed by atoms with Crippen LogP contribution in [0.4, 0.5) is 4.79 Å². The van der Waals surface area contributed by atoms with E-state index in [-0.39, 0.29) is 17.5 Å². The second kappa shape index (κ2) is 7.74. The van der Waals surface area contributed by atoms with Gasteiger partial charge in [0.05, 0.1) is 12.3 Å². The summed E-state index contributed by atoms with van der Waals surface area (Å²) in [4.78, 5) is 22.7. The molecule has 0 aliphatic rings. The molecule has 0 radical (unpaired) electrons. The van der Waals surface area contributed by atoms with Gasteiger partial charge < -0.3 is 15.5 Å². The third-order valence-corrected chi connectivity index (χ3v) is 2.69. The van der Waals surface area contributed by atoms with E-state index in [1.807, 2.05) is 13.8 Å². The molecule has 0 aromatic carbocycles. The maximum Gasteiger partial charge on any atom is 0.321 e. The molecule has 8 nitrogen and oxygen atoms in total. The first-order valence-corrected chi connectivity index (χ1v) is 6.72. The Labute approximate surface area is 114 Å². The van der Waals surface area contributed by atoms with E-state index in [4.69, 9.17) is 10.2 Å². The predicted octanol–water partition coefficient (Wildman–Crippen LogP) is 0.102. The fourth-order valence-corrected chi connectivity index (χ4v) is 1.59. The number of hydrogen-bond donors (Lipinski definition) is 3. The Bertz CT molecular complexity index is 435. The second-order valence-electron chi connectivity index (χ2n) is 4.11. The highest BCUT2D eigenvalue weighted by Gasteiger charge is 2.11. The largest absolute Gasteiger partial charge is 0.415 e. The van der Waals surface area contributed by atoms with Crippen LogP contribution in [-0.2, 0) is 11.3 Å². The van der Waals surface area contributed by atoms with Gasteiger partial charge >= 0.3 is 6.03 Å². The fraction of sp³-hybridized carbons (Fsp3) is 0.600. The number of thioether (sulfide) groups is 1. The second-order valence-corrected chi connectivity index (χ2v) is 5.03. The summed E-state index contributed by atoms with van der Waals surface area (Å²) in [6.45, 7) is 4.58. The Kier molecular flexibility index (Phi) is 6.30. The van der Waals surface area contributed by atoms with Crippen LogP contribution in [0.15, 0.2) is 9.64 Å². The first kappa shape index (κ1) is 15.4. The Balaban J connectivity index is 2.25. The van der Waals surface area contributed by atoms with Gasteiger partial charge in [-0.15, -0.1) is 10.2 Å². The number of urea groups is 1. The van der Waals surface area contributed by atoms with Crippen molar-refractivity contribution in [1.29, 1.82) is 0 Å². The Morgan fingerprint density at radius 1 is 1.42 bits per heavy atom. The van der Waals surface area contributed by atoms with Crippen molar-refractivity contribution in [3.05, 3.63) is 5.89 Å². The van der Waals surface area contributed by atoms with Crippen molar-refractivity contribution in [2.45, 2.75) is 25.6 Å². The van der Waals surface area contributed by atoms with Gasteiger partial charge in [0.2, 0.25) is 11.8 Å². The zero-order chi connectivity index (χ0) is 14.3. The number of rotatable bonds is 6. The molecular weight excluding hydrogens is 270 g/mol. The normalized spacial score (nSPS) is 10.5. The summed E-state index contributed by atoms with van der Waals surface area (Å²) < 4.78 is 5.10. The van der Waals surface area contributed by atoms with E-state index in [1.54, 1.807) is 0 Å². The lowest BCUT2D eigenvalue weighted by Gasteiger charge is -2.07. The van der Waals surface area contributed by atoms with Crippen molar-refractivity contribution in [3.8, 4) is 0 Å². The van der Waals surface area contributed by atoms with Crippen LogP contribution < -0.4 is 16.4 Å². The molecule has 1 rings (SSSR count). The van der Waals surface area contributed by atoms with Gasteiger partial charge in [-0.05, 0) is 5.92 Å². The fourth-order valence-electron chi connectivity index (χ4n) is 1.01. The standard InChI is InChI=1S/C10H17N5O3S/c1-6(2)4-12-9(17)13-7(16)5-19-10-15-14-8(3-11)18-10/h6H,3-5,11H2,1-2H3,(H2,12,13,16,17). The number of carbonyl (C=O) groups is 2. The molecule has 9 heteroatoms. The van der Waals surface area contributed by atoms with Crippen LogP contribution in [0.1, 0.15) is 19.7 Å². The van der Waals surface area contributed by atoms with Crippen molar-refractivity contribution >= 4 is 23.7 Å². The summed E-state index contributed by atoms with van der Waals surface area (Å²) in [6.07, 6.45) is 0. The number of aromatic nitrogens is 2. The number of amides is 3. The molecule has 106 valence electrons. The van der Waals surface area contributed by atoms with Crippen molar-refractivity contribution < 1.29 is 14.0 Å². The highest BCUT2D eigenvalue weighted by molar-refractivity contribution is 7.99. The van der Waals surface area contributed by atoms with Crippen molar-refractivity contribution in [2.24, 2.45) is 11.7 Å². The van der Waals surface area contributed by atoms with Crippen LogP contribution in [0.25, 0.3) is 0 Å². The zero-order valence-electron chi connectivity index (χ0n) is 10.8. The molecule has 0 unspecified atom stereocenters. The summed E-state index contributed by atoms with van der Waals surface area (Å²) in [6, 6.07) is -0.507. The first-order chi connectivity index (χ1) is 9.01. The van der Waals surface area contributed by atoms with Crippen LogP contribution in [-0.4, -0.2) is 34.4 Å². The minimum atomic E-state index is -0.507. The van der Waals surface area contributed by atoms with E-state index in [0.29, 0.717) is 18.4 Å². The van der Waals surface area contributed by atoms with E-state index >= 15 is 0 Å². The van der Waals surface area contributed by atoms with Crippen LogP contribution in [0.5, 0.6) is 0 Å². The van der Waals surface area contributed by atoms with Gasteiger partial charge in [-0.2, -0.15) is 0 Å². The van der Waals surface area contributed by atoms with Crippen molar-refractivity contribution in [1.82, 2.24) is 20.8 Å². The topological polar surface area (TPSA) is 123 Å². The van der Waals surface area contributed by atoms with Crippen LogP contribution >= 0.6 is 11.8 Å². The molecule has 3 amide bonds. The lowest BCUT2D eigenvalue weighted by Crippen LogP contribution is -2.41. The molecule has 0 aliphatic heterocycles. The third kappa shape index (κ3) is 6.20. The summed E-state index contributed by atoms with van der Waals surface area (Å²) in [5.74, 6) is 0.209. The van der Waals surface area contributed by atoms with E-state index in [9.17, 15) is 9.59 Å². The minimum Gasteiger partial charge on any atom is -0.415 e. The average molecular weight is 287 g/mol. The molecule has 0 fully saturated rings. The maximum atomic E-state index is 11.4. The molecule has 0 saturated heterocycles. The van der Waals surface area contributed by atoms with E-state index < -0.39 is 11.9 Å². The number of nitrogens with zero attached hydrogens (tertiary/aromatic N) is 2. The molecule has 0 atom stereocenters. The lowest BCUT2D eigenvalue weighted by molar-refractivity contribution is -0.117. The van der Waals surface area contributed by atoms with Gasteiger partial charge in [-0.3, -0.25) is 10.1 Å². The Morgan fingerprint density at radius 3 is 2.74 bits per heavy atom. The minimum absolute atomic E-state index is 0.0152. The SMILES string of the molecule is CC(C)CNC(=O)NC(=O)CSc1nnc(CN)o1. The Hall–Kier alpha value is -1.61. The molecule has 1 aromatic rings. The molecule has 1 aromatic heterocycles. The maximum absolute atomic E-state index is 11.4. The first-order valence-electron chi connectivity index (χ1n) is 5.74. The molecule has 0 aliphatic carbocycles. The Morgan fingerprint density at radius 2 is 2.16 bits per heavy atom. The monoisotopic (exact) mass is 287 g/mol. The molecule has 0 saturated carbocycles. The molecule has 0 spiro atoms. The van der Waals surface area contributed by atoms with E-state index in [0.717, 1.165) is 11.8 Å². The smallest absolute Gasteiger partial charge is 0.321 e. The highest BCUT2D eigenvalue weighted by atomic mass is 32.2. The zero-order valence-corrected chi connectivity index (χ0v) is 11.6. The van der Waals surface area contributed by atoms with Crippen molar-refractivity contribution in [3.63, 3.8) is 0 Å².